The molecular formula is C27H35BN4OS2. The highest BCUT2D eigenvalue weighted by atomic mass is 32.2. The second kappa shape index (κ2) is 15.2. The van der Waals surface area contributed by atoms with E-state index in [1.807, 2.05) is 6.92 Å². The second-order valence-electron chi connectivity index (χ2n) is 8.22. The summed E-state index contributed by atoms with van der Waals surface area (Å²) in [6, 6.07) is 0. The van der Waals surface area contributed by atoms with Crippen molar-refractivity contribution in [1.82, 2.24) is 15.5 Å². The molecule has 8 heteroatoms. The zero-order valence-electron chi connectivity index (χ0n) is 21.0. The summed E-state index contributed by atoms with van der Waals surface area (Å²) >= 11 is 2.89. The largest absolute Gasteiger partial charge is 0.354 e. The van der Waals surface area contributed by atoms with E-state index in [1.54, 1.807) is 13.0 Å². The molecule has 1 aromatic heterocycles. The number of allylic oxidation sites excluding steroid dienone is 6. The van der Waals surface area contributed by atoms with Crippen molar-refractivity contribution in [2.45, 2.75) is 52.4 Å². The number of unbranched alkanes of at least 4 members (excludes halogenated alkanes) is 1. The average Bonchev–Trinajstić information content (AvgIpc) is 3.20. The number of amides is 1. The highest BCUT2D eigenvalue weighted by Gasteiger charge is 2.13. The van der Waals surface area contributed by atoms with Gasteiger partial charge in [0.05, 0.1) is 11.4 Å². The van der Waals surface area contributed by atoms with Crippen LogP contribution in [-0.4, -0.2) is 24.0 Å². The first-order valence-electron chi connectivity index (χ1n) is 11.1. The molecule has 5 nitrogen and oxygen atoms in total. The summed E-state index contributed by atoms with van der Waals surface area (Å²) < 4.78 is 0. The van der Waals surface area contributed by atoms with Gasteiger partial charge in [-0.25, -0.2) is 0 Å². The molecule has 0 unspecified atom stereocenters. The molecule has 0 aromatic carbocycles. The molecule has 0 saturated heterocycles. The van der Waals surface area contributed by atoms with E-state index in [-0.39, 0.29) is 12.3 Å². The molecule has 0 atom stereocenters. The number of rotatable bonds is 17. The van der Waals surface area contributed by atoms with Gasteiger partial charge in [0.25, 0.3) is 0 Å². The zero-order valence-corrected chi connectivity index (χ0v) is 22.6. The summed E-state index contributed by atoms with van der Waals surface area (Å²) in [5.41, 5.74) is 4.35. The van der Waals surface area contributed by atoms with Gasteiger partial charge in [0, 0.05) is 18.5 Å². The first-order valence-corrected chi connectivity index (χ1v) is 12.8. The molecule has 0 saturated carbocycles. The first-order chi connectivity index (χ1) is 16.4. The van der Waals surface area contributed by atoms with Gasteiger partial charge in [0.2, 0.25) is 11.0 Å². The summed E-state index contributed by atoms with van der Waals surface area (Å²) in [7, 11) is 6.05. The van der Waals surface area contributed by atoms with Crippen LogP contribution in [0, 0.1) is 0 Å². The number of thioether (sulfide) groups is 1. The molecule has 2 N–H and O–H groups in total. The normalized spacial score (nSPS) is 11.1. The van der Waals surface area contributed by atoms with Gasteiger partial charge in [0.1, 0.15) is 12.9 Å². The van der Waals surface area contributed by atoms with Crippen LogP contribution in [0.15, 0.2) is 95.5 Å². The topological polar surface area (TPSA) is 66.9 Å². The molecule has 0 aliphatic carbocycles. The Bertz CT molecular complexity index is 1060. The Hall–Kier alpha value is -2.84. The summed E-state index contributed by atoms with van der Waals surface area (Å²) in [6.07, 6.45) is 6.00. The third-order valence-corrected chi connectivity index (χ3v) is 6.50. The number of carbonyl (C=O) groups excluding carboxylic acids is 1. The van der Waals surface area contributed by atoms with Crippen molar-refractivity contribution >= 4 is 42.0 Å². The van der Waals surface area contributed by atoms with Gasteiger partial charge in [-0.15, -0.1) is 10.2 Å². The molecule has 1 heterocycles. The van der Waals surface area contributed by atoms with Crippen molar-refractivity contribution in [2.24, 2.45) is 0 Å². The Balaban J connectivity index is 2.41. The third kappa shape index (κ3) is 11.9. The van der Waals surface area contributed by atoms with E-state index in [1.165, 1.54) is 23.1 Å². The lowest BCUT2D eigenvalue weighted by molar-refractivity contribution is -0.115. The number of nitrogens with one attached hydrogen (secondary N) is 2. The van der Waals surface area contributed by atoms with E-state index in [4.69, 9.17) is 7.85 Å². The number of hydrogen-bond acceptors (Lipinski definition) is 6. The SMILES string of the molecule is [B]/C(C(=C)C)=C(\CC(=O)Nc1nnc(CCCCC(=C)SC(=C)NC(=C)CC(=C)C=C)s1)C(=C)C. The quantitative estimate of drug-likeness (QED) is 0.134. The number of aryl methyl sites for hydroxylation is 1. The third-order valence-electron chi connectivity index (χ3n) is 4.76. The minimum atomic E-state index is -0.214. The fraction of sp³-hybridized carbons (Fsp3) is 0.296. The highest BCUT2D eigenvalue weighted by Crippen LogP contribution is 2.27. The van der Waals surface area contributed by atoms with Crippen LogP contribution in [0.5, 0.6) is 0 Å². The average molecular weight is 507 g/mol. The van der Waals surface area contributed by atoms with E-state index >= 15 is 0 Å². The highest BCUT2D eigenvalue weighted by molar-refractivity contribution is 8.06. The van der Waals surface area contributed by atoms with Gasteiger partial charge >= 0.3 is 0 Å². The van der Waals surface area contributed by atoms with Crippen LogP contribution in [0.4, 0.5) is 5.13 Å². The van der Waals surface area contributed by atoms with Crippen LogP contribution < -0.4 is 10.6 Å². The fourth-order valence-corrected chi connectivity index (χ4v) is 4.49. The van der Waals surface area contributed by atoms with E-state index in [0.717, 1.165) is 57.5 Å². The maximum atomic E-state index is 12.5. The fourth-order valence-electron chi connectivity index (χ4n) is 2.90. The molecule has 0 aliphatic rings. The second-order valence-corrected chi connectivity index (χ2v) is 10.6. The van der Waals surface area contributed by atoms with E-state index in [9.17, 15) is 4.79 Å². The Kier molecular flexibility index (Phi) is 13.1. The lowest BCUT2D eigenvalue weighted by Gasteiger charge is -2.13. The Morgan fingerprint density at radius 3 is 2.34 bits per heavy atom. The predicted molar refractivity (Wildman–Crippen MR) is 155 cm³/mol. The van der Waals surface area contributed by atoms with Crippen LogP contribution >= 0.6 is 23.1 Å². The van der Waals surface area contributed by atoms with Gasteiger partial charge < -0.3 is 10.6 Å². The number of hydrogen-bond donors (Lipinski definition) is 2. The number of aromatic nitrogens is 2. The van der Waals surface area contributed by atoms with Crippen molar-refractivity contribution in [1.29, 1.82) is 0 Å². The molecule has 1 amide bonds. The zero-order chi connectivity index (χ0) is 26.5. The van der Waals surface area contributed by atoms with Crippen LogP contribution in [0.2, 0.25) is 0 Å². The van der Waals surface area contributed by atoms with Crippen LogP contribution in [0.3, 0.4) is 0 Å². The van der Waals surface area contributed by atoms with Gasteiger partial charge in [-0.1, -0.05) is 91.8 Å². The van der Waals surface area contributed by atoms with E-state index in [0.29, 0.717) is 28.2 Å². The van der Waals surface area contributed by atoms with Crippen molar-refractivity contribution in [3.8, 4) is 0 Å². The summed E-state index contributed by atoms with van der Waals surface area (Å²) in [5, 5.41) is 16.4. The van der Waals surface area contributed by atoms with Crippen molar-refractivity contribution in [3.05, 3.63) is 101 Å². The Morgan fingerprint density at radius 2 is 1.74 bits per heavy atom. The van der Waals surface area contributed by atoms with E-state index in [2.05, 4.69) is 66.9 Å². The molecule has 0 fully saturated rings. The van der Waals surface area contributed by atoms with E-state index < -0.39 is 0 Å². The van der Waals surface area contributed by atoms with Gasteiger partial charge in [0.15, 0.2) is 0 Å². The number of carbonyl (C=O) groups is 1. The Morgan fingerprint density at radius 1 is 1.06 bits per heavy atom. The summed E-state index contributed by atoms with van der Waals surface area (Å²) in [6.45, 7) is 31.1. The first kappa shape index (κ1) is 30.2. The molecule has 2 radical (unpaired) electrons. The van der Waals surface area contributed by atoms with Gasteiger partial charge in [-0.3, -0.25) is 4.79 Å². The maximum Gasteiger partial charge on any atom is 0.230 e. The minimum absolute atomic E-state index is 0.110. The predicted octanol–water partition coefficient (Wildman–Crippen LogP) is 7.11. The molecule has 184 valence electrons. The van der Waals surface area contributed by atoms with Crippen LogP contribution in [0.1, 0.15) is 51.0 Å². The molecule has 0 bridgehead atoms. The maximum absolute atomic E-state index is 12.5. The molecule has 0 aliphatic heterocycles. The molecule has 1 aromatic rings. The monoisotopic (exact) mass is 506 g/mol. The van der Waals surface area contributed by atoms with Crippen molar-refractivity contribution in [3.63, 3.8) is 0 Å². The smallest absolute Gasteiger partial charge is 0.230 e. The van der Waals surface area contributed by atoms with Gasteiger partial charge in [-0.05, 0) is 49.2 Å². The van der Waals surface area contributed by atoms with Gasteiger partial charge in [-0.2, -0.15) is 0 Å². The Labute approximate surface area is 220 Å². The summed E-state index contributed by atoms with van der Waals surface area (Å²) in [4.78, 5) is 13.5. The van der Waals surface area contributed by atoms with Crippen LogP contribution in [-0.2, 0) is 11.2 Å². The molecule has 0 spiro atoms. The summed E-state index contributed by atoms with van der Waals surface area (Å²) in [5.74, 6) is -0.214. The number of anilines is 1. The molecule has 35 heavy (non-hydrogen) atoms. The minimum Gasteiger partial charge on any atom is -0.354 e. The van der Waals surface area contributed by atoms with Crippen molar-refractivity contribution < 1.29 is 4.79 Å². The molecular weight excluding hydrogens is 471 g/mol. The van der Waals surface area contributed by atoms with Crippen LogP contribution in [0.25, 0.3) is 0 Å². The van der Waals surface area contributed by atoms with Crippen molar-refractivity contribution in [2.75, 3.05) is 5.32 Å². The number of nitrogens with zero attached hydrogens (tertiary/aromatic N) is 2. The lowest BCUT2D eigenvalue weighted by Crippen LogP contribution is -2.13. The molecule has 1 rings (SSSR count). The standard InChI is InChI=1S/C27H35BN4OS2/c1-10-19(6)15-20(7)29-22(9)34-21(8)13-11-12-14-25-31-32-27(35-25)30-24(33)16-23(17(2)3)26(28)18(4)5/h10,29H,1-2,4,6-9,11-16H2,3,5H3,(H,30,32,33)/b26-23+. The lowest BCUT2D eigenvalue weighted by atomic mass is 9.81.